The Balaban J connectivity index is 2.13. The van der Waals surface area contributed by atoms with E-state index < -0.39 is 11.9 Å². The van der Waals surface area contributed by atoms with Crippen LogP contribution < -0.4 is 5.32 Å². The zero-order valence-electron chi connectivity index (χ0n) is 9.51. The lowest BCUT2D eigenvalue weighted by Gasteiger charge is -2.10. The average Bonchev–Trinajstić information content (AvgIpc) is 3.00. The first-order valence-corrected chi connectivity index (χ1v) is 5.20. The molecule has 2 heterocycles. The molecule has 0 unspecified atom stereocenters. The van der Waals surface area contributed by atoms with Gasteiger partial charge in [-0.2, -0.15) is 0 Å². The van der Waals surface area contributed by atoms with Gasteiger partial charge in [-0.25, -0.2) is 9.78 Å². The van der Waals surface area contributed by atoms with E-state index >= 15 is 0 Å². The summed E-state index contributed by atoms with van der Waals surface area (Å²) >= 11 is 0. The number of H-pyrrole nitrogens is 1. The number of furan rings is 1. The summed E-state index contributed by atoms with van der Waals surface area (Å²) in [6.45, 7) is 1.73. The van der Waals surface area contributed by atoms with Crippen LogP contribution in [0.3, 0.4) is 0 Å². The first kappa shape index (κ1) is 11.9. The second-order valence-corrected chi connectivity index (χ2v) is 3.64. The summed E-state index contributed by atoms with van der Waals surface area (Å²) in [4.78, 5) is 28.8. The summed E-state index contributed by atoms with van der Waals surface area (Å²) in [7, 11) is 0. The second kappa shape index (κ2) is 4.74. The maximum atomic E-state index is 11.8. The van der Waals surface area contributed by atoms with Crippen molar-refractivity contribution in [1.82, 2.24) is 15.3 Å². The molecule has 0 saturated heterocycles. The highest BCUT2D eigenvalue weighted by Gasteiger charge is 2.21. The van der Waals surface area contributed by atoms with Crippen LogP contribution in [0.1, 0.15) is 39.7 Å². The van der Waals surface area contributed by atoms with Crippen LogP contribution in [-0.2, 0) is 0 Å². The Morgan fingerprint density at radius 2 is 2.33 bits per heavy atom. The molecule has 0 aliphatic carbocycles. The highest BCUT2D eigenvalue weighted by molar-refractivity contribution is 6.02. The Kier molecular flexibility index (Phi) is 3.13. The lowest BCUT2D eigenvalue weighted by atomic mass is 10.2. The van der Waals surface area contributed by atoms with Crippen LogP contribution in [0.4, 0.5) is 0 Å². The Morgan fingerprint density at radius 1 is 1.56 bits per heavy atom. The zero-order chi connectivity index (χ0) is 13.1. The largest absolute Gasteiger partial charge is 0.477 e. The van der Waals surface area contributed by atoms with E-state index in [0.717, 1.165) is 6.33 Å². The number of aromatic amines is 1. The lowest BCUT2D eigenvalue weighted by molar-refractivity contribution is 0.0684. The molecule has 18 heavy (non-hydrogen) atoms. The van der Waals surface area contributed by atoms with Crippen molar-refractivity contribution in [2.75, 3.05) is 0 Å². The van der Waals surface area contributed by atoms with Gasteiger partial charge in [-0.15, -0.1) is 0 Å². The van der Waals surface area contributed by atoms with E-state index in [2.05, 4.69) is 15.3 Å². The smallest absolute Gasteiger partial charge is 0.354 e. The number of carbonyl (C=O) groups excluding carboxylic acids is 1. The first-order valence-electron chi connectivity index (χ1n) is 5.20. The van der Waals surface area contributed by atoms with Crippen LogP contribution in [0.15, 0.2) is 29.1 Å². The van der Waals surface area contributed by atoms with Gasteiger partial charge in [0.1, 0.15) is 5.76 Å². The molecule has 1 atom stereocenters. The van der Waals surface area contributed by atoms with Crippen molar-refractivity contribution in [2.24, 2.45) is 0 Å². The summed E-state index contributed by atoms with van der Waals surface area (Å²) in [5, 5.41) is 11.5. The molecule has 3 N–H and O–H groups in total. The number of hydrogen-bond acceptors (Lipinski definition) is 4. The van der Waals surface area contributed by atoms with Crippen molar-refractivity contribution >= 4 is 11.9 Å². The predicted molar refractivity (Wildman–Crippen MR) is 60.1 cm³/mol. The van der Waals surface area contributed by atoms with Gasteiger partial charge in [0.15, 0.2) is 11.4 Å². The number of carboxylic acids is 1. The Bertz CT molecular complexity index is 559. The van der Waals surface area contributed by atoms with Gasteiger partial charge in [-0.1, -0.05) is 0 Å². The molecule has 0 radical (unpaired) electrons. The van der Waals surface area contributed by atoms with Gasteiger partial charge in [0.25, 0.3) is 5.91 Å². The van der Waals surface area contributed by atoms with Gasteiger partial charge in [0.2, 0.25) is 0 Å². The van der Waals surface area contributed by atoms with Crippen molar-refractivity contribution in [3.8, 4) is 0 Å². The third-order valence-corrected chi connectivity index (χ3v) is 2.39. The number of hydrogen-bond donors (Lipinski definition) is 3. The number of aromatic carboxylic acids is 1. The molecule has 2 rings (SSSR count). The van der Waals surface area contributed by atoms with Gasteiger partial charge in [0.05, 0.1) is 18.6 Å². The number of imidazole rings is 1. The molecular weight excluding hydrogens is 238 g/mol. The molecule has 0 aliphatic heterocycles. The highest BCUT2D eigenvalue weighted by Crippen LogP contribution is 2.13. The van der Waals surface area contributed by atoms with Crippen molar-refractivity contribution in [1.29, 1.82) is 0 Å². The maximum absolute atomic E-state index is 11.8. The molecule has 0 saturated carbocycles. The second-order valence-electron chi connectivity index (χ2n) is 3.64. The van der Waals surface area contributed by atoms with Crippen LogP contribution in [0.5, 0.6) is 0 Å². The van der Waals surface area contributed by atoms with E-state index in [1.54, 1.807) is 19.1 Å². The fourth-order valence-corrected chi connectivity index (χ4v) is 1.50. The number of nitrogens with one attached hydrogen (secondary N) is 2. The third-order valence-electron chi connectivity index (χ3n) is 2.39. The molecule has 0 aromatic carbocycles. The van der Waals surface area contributed by atoms with Gasteiger partial charge < -0.3 is 19.8 Å². The number of nitrogens with zero attached hydrogens (tertiary/aromatic N) is 1. The highest BCUT2D eigenvalue weighted by atomic mass is 16.4. The molecular formula is C11H11N3O4. The van der Waals surface area contributed by atoms with Crippen LogP contribution in [0.2, 0.25) is 0 Å². The minimum absolute atomic E-state index is 0.152. The lowest BCUT2D eigenvalue weighted by Crippen LogP contribution is -2.28. The van der Waals surface area contributed by atoms with E-state index in [1.165, 1.54) is 6.26 Å². The van der Waals surface area contributed by atoms with E-state index in [0.29, 0.717) is 5.76 Å². The molecule has 0 aliphatic rings. The molecule has 7 nitrogen and oxygen atoms in total. The fraction of sp³-hybridized carbons (Fsp3) is 0.182. The number of carboxylic acid groups (broad SMARTS) is 1. The molecule has 2 aromatic heterocycles. The summed E-state index contributed by atoms with van der Waals surface area (Å²) in [6.07, 6.45) is 2.66. The number of carbonyl (C=O) groups is 2. The predicted octanol–water partition coefficient (Wildman–Crippen LogP) is 1.19. The minimum Gasteiger partial charge on any atom is -0.477 e. The Morgan fingerprint density at radius 3 is 2.94 bits per heavy atom. The monoisotopic (exact) mass is 249 g/mol. The summed E-state index contributed by atoms with van der Waals surface area (Å²) in [6, 6.07) is 3.05. The fourth-order valence-electron chi connectivity index (χ4n) is 1.50. The Labute approximate surface area is 102 Å². The van der Waals surface area contributed by atoms with E-state index in [1.807, 2.05) is 0 Å². The molecule has 0 bridgehead atoms. The number of aromatic nitrogens is 2. The number of amides is 1. The van der Waals surface area contributed by atoms with Crippen molar-refractivity contribution < 1.29 is 19.1 Å². The maximum Gasteiger partial charge on any atom is 0.354 e. The standard InChI is InChI=1S/C11H11N3O4/c1-6(7-3-2-4-18-7)14-10(15)8-9(11(16)17)13-5-12-8/h2-6H,1H3,(H,12,13)(H,14,15)(H,16,17)/t6-/m0/s1. The summed E-state index contributed by atoms with van der Waals surface area (Å²) in [5.41, 5.74) is -0.389. The SMILES string of the molecule is C[C@H](NC(=O)c1nc[nH]c1C(=O)O)c1ccco1. The van der Waals surface area contributed by atoms with Gasteiger partial charge >= 0.3 is 5.97 Å². The summed E-state index contributed by atoms with van der Waals surface area (Å²) < 4.78 is 5.13. The Hall–Kier alpha value is -2.57. The summed E-state index contributed by atoms with van der Waals surface area (Å²) in [5.74, 6) is -1.23. The average molecular weight is 249 g/mol. The van der Waals surface area contributed by atoms with Crippen molar-refractivity contribution in [3.05, 3.63) is 41.9 Å². The molecule has 2 aromatic rings. The van der Waals surface area contributed by atoms with Gasteiger partial charge in [0, 0.05) is 0 Å². The van der Waals surface area contributed by atoms with Crippen LogP contribution in [0, 0.1) is 0 Å². The molecule has 7 heteroatoms. The van der Waals surface area contributed by atoms with Gasteiger partial charge in [-0.05, 0) is 19.1 Å². The first-order chi connectivity index (χ1) is 8.59. The van der Waals surface area contributed by atoms with E-state index in [4.69, 9.17) is 9.52 Å². The van der Waals surface area contributed by atoms with Gasteiger partial charge in [-0.3, -0.25) is 4.79 Å². The third kappa shape index (κ3) is 2.24. The van der Waals surface area contributed by atoms with E-state index in [9.17, 15) is 9.59 Å². The van der Waals surface area contributed by atoms with Crippen LogP contribution >= 0.6 is 0 Å². The molecule has 1 amide bonds. The van der Waals surface area contributed by atoms with Crippen LogP contribution in [0.25, 0.3) is 0 Å². The normalized spacial score (nSPS) is 12.1. The molecule has 0 fully saturated rings. The van der Waals surface area contributed by atoms with Crippen molar-refractivity contribution in [3.63, 3.8) is 0 Å². The molecule has 94 valence electrons. The topological polar surface area (TPSA) is 108 Å². The molecule has 0 spiro atoms. The van der Waals surface area contributed by atoms with E-state index in [-0.39, 0.29) is 17.4 Å². The zero-order valence-corrected chi connectivity index (χ0v) is 9.51. The van der Waals surface area contributed by atoms with Crippen LogP contribution in [-0.4, -0.2) is 27.0 Å². The quantitative estimate of drug-likeness (QED) is 0.754. The minimum atomic E-state index is -1.23. The number of rotatable bonds is 4. The van der Waals surface area contributed by atoms with Crippen molar-refractivity contribution in [2.45, 2.75) is 13.0 Å².